The van der Waals surface area contributed by atoms with E-state index >= 15 is 0 Å². The van der Waals surface area contributed by atoms with Crippen molar-refractivity contribution in [3.63, 3.8) is 0 Å². The van der Waals surface area contributed by atoms with Gasteiger partial charge in [-0.15, -0.1) is 0 Å². The highest BCUT2D eigenvalue weighted by Crippen LogP contribution is 2.22. The highest BCUT2D eigenvalue weighted by Gasteiger charge is 2.07. The monoisotopic (exact) mass is 211 g/mol. The lowest BCUT2D eigenvalue weighted by molar-refractivity contribution is 0.0113. The molecule has 0 aromatic heterocycles. The number of aliphatic hydroxyl groups is 1. The maximum absolute atomic E-state index is 9.36. The summed E-state index contributed by atoms with van der Waals surface area (Å²) in [6.07, 6.45) is -0.700. The first-order chi connectivity index (χ1) is 7.15. The molecule has 1 rings (SSSR count). The molecule has 0 amide bonds. The summed E-state index contributed by atoms with van der Waals surface area (Å²) in [7, 11) is 0. The number of ether oxygens (including phenoxy) is 1. The van der Waals surface area contributed by atoms with E-state index in [1.165, 1.54) is 0 Å². The second kappa shape index (κ2) is 5.70. The number of rotatable bonds is 5. The van der Waals surface area contributed by atoms with Crippen molar-refractivity contribution < 1.29 is 14.7 Å². The SMILES string of the molecule is Cc1cccc(C)c1OCC(O)CON. The average molecular weight is 211 g/mol. The smallest absolute Gasteiger partial charge is 0.125 e. The lowest BCUT2D eigenvalue weighted by atomic mass is 10.1. The van der Waals surface area contributed by atoms with Gasteiger partial charge in [-0.3, -0.25) is 0 Å². The van der Waals surface area contributed by atoms with Gasteiger partial charge in [-0.05, 0) is 25.0 Å². The average Bonchev–Trinajstić information content (AvgIpc) is 2.17. The summed E-state index contributed by atoms with van der Waals surface area (Å²) in [5.41, 5.74) is 2.10. The van der Waals surface area contributed by atoms with Crippen LogP contribution in [0.5, 0.6) is 5.75 Å². The predicted molar refractivity (Wildman–Crippen MR) is 57.6 cm³/mol. The molecule has 0 aliphatic carbocycles. The molecule has 3 N–H and O–H groups in total. The Morgan fingerprint density at radius 3 is 2.40 bits per heavy atom. The fourth-order valence-corrected chi connectivity index (χ4v) is 1.37. The summed E-state index contributed by atoms with van der Waals surface area (Å²) >= 11 is 0. The molecule has 1 aromatic carbocycles. The normalized spacial score (nSPS) is 12.5. The summed E-state index contributed by atoms with van der Waals surface area (Å²) in [6, 6.07) is 5.90. The minimum Gasteiger partial charge on any atom is -0.490 e. The van der Waals surface area contributed by atoms with Crippen molar-refractivity contribution >= 4 is 0 Å². The maximum atomic E-state index is 9.36. The van der Waals surface area contributed by atoms with Gasteiger partial charge in [-0.25, -0.2) is 5.90 Å². The molecule has 15 heavy (non-hydrogen) atoms. The second-order valence-electron chi connectivity index (χ2n) is 3.52. The third-order valence-corrected chi connectivity index (χ3v) is 2.12. The Bertz CT molecular complexity index is 294. The van der Waals surface area contributed by atoms with Crippen LogP contribution in [-0.2, 0) is 4.84 Å². The Balaban J connectivity index is 2.57. The molecule has 0 heterocycles. The first-order valence-corrected chi connectivity index (χ1v) is 4.84. The number of para-hydroxylation sites is 1. The molecule has 0 spiro atoms. The van der Waals surface area contributed by atoms with Crippen molar-refractivity contribution in [1.29, 1.82) is 0 Å². The van der Waals surface area contributed by atoms with Gasteiger partial charge in [0.1, 0.15) is 18.5 Å². The first kappa shape index (κ1) is 12.0. The van der Waals surface area contributed by atoms with Crippen LogP contribution in [0.4, 0.5) is 0 Å². The molecule has 1 atom stereocenters. The van der Waals surface area contributed by atoms with E-state index in [1.54, 1.807) is 0 Å². The van der Waals surface area contributed by atoms with E-state index in [1.807, 2.05) is 32.0 Å². The third-order valence-electron chi connectivity index (χ3n) is 2.12. The van der Waals surface area contributed by atoms with E-state index < -0.39 is 6.10 Å². The molecule has 0 radical (unpaired) electrons. The highest BCUT2D eigenvalue weighted by atomic mass is 16.6. The van der Waals surface area contributed by atoms with Gasteiger partial charge in [-0.1, -0.05) is 18.2 Å². The Labute approximate surface area is 89.6 Å². The quantitative estimate of drug-likeness (QED) is 0.711. The van der Waals surface area contributed by atoms with Crippen LogP contribution in [0.15, 0.2) is 18.2 Å². The number of benzene rings is 1. The zero-order chi connectivity index (χ0) is 11.3. The summed E-state index contributed by atoms with van der Waals surface area (Å²) < 4.78 is 5.50. The van der Waals surface area contributed by atoms with Crippen LogP contribution in [-0.4, -0.2) is 24.4 Å². The lowest BCUT2D eigenvalue weighted by Crippen LogP contribution is -2.25. The van der Waals surface area contributed by atoms with Crippen molar-refractivity contribution in [2.24, 2.45) is 5.90 Å². The van der Waals surface area contributed by atoms with E-state index in [4.69, 9.17) is 10.6 Å². The molecule has 4 heteroatoms. The third kappa shape index (κ3) is 3.51. The van der Waals surface area contributed by atoms with Gasteiger partial charge in [0.05, 0.1) is 6.61 Å². The molecule has 0 saturated carbocycles. The molecule has 84 valence electrons. The van der Waals surface area contributed by atoms with Gasteiger partial charge in [-0.2, -0.15) is 0 Å². The fourth-order valence-electron chi connectivity index (χ4n) is 1.37. The van der Waals surface area contributed by atoms with Crippen LogP contribution in [0.3, 0.4) is 0 Å². The number of nitrogens with two attached hydrogens (primary N) is 1. The van der Waals surface area contributed by atoms with Crippen LogP contribution < -0.4 is 10.6 Å². The fraction of sp³-hybridized carbons (Fsp3) is 0.455. The first-order valence-electron chi connectivity index (χ1n) is 4.84. The topological polar surface area (TPSA) is 64.7 Å². The standard InChI is InChI=1S/C11H17NO3/c1-8-4-3-5-9(2)11(8)14-6-10(13)7-15-12/h3-5,10,13H,6-7,12H2,1-2H3. The Kier molecular flexibility index (Phi) is 4.55. The van der Waals surface area contributed by atoms with E-state index in [9.17, 15) is 5.11 Å². The maximum Gasteiger partial charge on any atom is 0.125 e. The van der Waals surface area contributed by atoms with E-state index in [0.29, 0.717) is 0 Å². The van der Waals surface area contributed by atoms with Gasteiger partial charge in [0, 0.05) is 0 Å². The molecule has 1 aromatic rings. The molecule has 0 aliphatic rings. The Hall–Kier alpha value is -1.10. The minimum absolute atomic E-state index is 0.0743. The van der Waals surface area contributed by atoms with Crippen molar-refractivity contribution in [2.75, 3.05) is 13.2 Å². The number of aryl methyl sites for hydroxylation is 2. The Morgan fingerprint density at radius 2 is 1.87 bits per heavy atom. The molecular weight excluding hydrogens is 194 g/mol. The van der Waals surface area contributed by atoms with Crippen molar-refractivity contribution in [3.05, 3.63) is 29.3 Å². The van der Waals surface area contributed by atoms with Crippen LogP contribution in [0.1, 0.15) is 11.1 Å². The Morgan fingerprint density at radius 1 is 1.27 bits per heavy atom. The van der Waals surface area contributed by atoms with Gasteiger partial charge in [0.2, 0.25) is 0 Å². The van der Waals surface area contributed by atoms with E-state index in [0.717, 1.165) is 16.9 Å². The minimum atomic E-state index is -0.700. The van der Waals surface area contributed by atoms with Crippen LogP contribution in [0.25, 0.3) is 0 Å². The van der Waals surface area contributed by atoms with Crippen LogP contribution in [0, 0.1) is 13.8 Å². The van der Waals surface area contributed by atoms with E-state index in [-0.39, 0.29) is 13.2 Å². The summed E-state index contributed by atoms with van der Waals surface area (Å²) in [5, 5.41) is 9.36. The van der Waals surface area contributed by atoms with Crippen LogP contribution in [0.2, 0.25) is 0 Å². The van der Waals surface area contributed by atoms with Gasteiger partial charge >= 0.3 is 0 Å². The molecule has 0 fully saturated rings. The largest absolute Gasteiger partial charge is 0.490 e. The highest BCUT2D eigenvalue weighted by molar-refractivity contribution is 5.39. The molecular formula is C11H17NO3. The van der Waals surface area contributed by atoms with Gasteiger partial charge in [0.25, 0.3) is 0 Å². The number of hydrogen-bond donors (Lipinski definition) is 2. The molecule has 0 bridgehead atoms. The summed E-state index contributed by atoms with van der Waals surface area (Å²) in [6.45, 7) is 4.19. The zero-order valence-electron chi connectivity index (χ0n) is 9.06. The van der Waals surface area contributed by atoms with Crippen molar-refractivity contribution in [1.82, 2.24) is 0 Å². The van der Waals surface area contributed by atoms with Crippen molar-refractivity contribution in [2.45, 2.75) is 20.0 Å². The molecule has 0 aliphatic heterocycles. The number of aliphatic hydroxyl groups excluding tert-OH is 1. The van der Waals surface area contributed by atoms with Gasteiger partial charge in [0.15, 0.2) is 0 Å². The molecule has 0 saturated heterocycles. The van der Waals surface area contributed by atoms with Crippen molar-refractivity contribution in [3.8, 4) is 5.75 Å². The summed E-state index contributed by atoms with van der Waals surface area (Å²) in [5.74, 6) is 5.66. The zero-order valence-corrected chi connectivity index (χ0v) is 9.06. The number of hydrogen-bond acceptors (Lipinski definition) is 4. The lowest BCUT2D eigenvalue weighted by Gasteiger charge is -2.14. The molecule has 1 unspecified atom stereocenters. The van der Waals surface area contributed by atoms with Gasteiger partial charge < -0.3 is 14.7 Å². The van der Waals surface area contributed by atoms with Crippen LogP contribution >= 0.6 is 0 Å². The summed E-state index contributed by atoms with van der Waals surface area (Å²) in [4.78, 5) is 4.32. The second-order valence-corrected chi connectivity index (χ2v) is 3.52. The predicted octanol–water partition coefficient (Wildman–Crippen LogP) is 0.933. The molecule has 4 nitrogen and oxygen atoms in total. The van der Waals surface area contributed by atoms with E-state index in [2.05, 4.69) is 4.84 Å².